The van der Waals surface area contributed by atoms with Crippen LogP contribution in [-0.2, 0) is 7.05 Å². The predicted octanol–water partition coefficient (Wildman–Crippen LogP) is 3.56. The summed E-state index contributed by atoms with van der Waals surface area (Å²) in [5, 5.41) is 4.70. The molecule has 1 N–H and O–H groups in total. The van der Waals surface area contributed by atoms with Crippen LogP contribution in [0.15, 0.2) is 41.2 Å². The quantitative estimate of drug-likeness (QED) is 0.778. The van der Waals surface area contributed by atoms with E-state index >= 15 is 0 Å². The number of rotatable bonds is 5. The number of nitrogens with one attached hydrogen (secondary N) is 1. The van der Waals surface area contributed by atoms with Gasteiger partial charge in [-0.25, -0.2) is 4.98 Å². The molecule has 4 nitrogen and oxygen atoms in total. The standard InChI is InChI=1S/C17H21N3O/c1-4-7-19-17(14-10-18-11-20(14)3)16-9-13-8-12(2)5-6-15(13)21-16/h5-6,8-11,17,19H,4,7H2,1-3H3. The van der Waals surface area contributed by atoms with E-state index in [4.69, 9.17) is 4.42 Å². The highest BCUT2D eigenvalue weighted by molar-refractivity contribution is 5.78. The van der Waals surface area contributed by atoms with Crippen LogP contribution < -0.4 is 5.32 Å². The summed E-state index contributed by atoms with van der Waals surface area (Å²) in [4.78, 5) is 4.23. The van der Waals surface area contributed by atoms with E-state index in [1.54, 1.807) is 0 Å². The van der Waals surface area contributed by atoms with Gasteiger partial charge in [-0.05, 0) is 38.1 Å². The normalized spacial score (nSPS) is 12.9. The van der Waals surface area contributed by atoms with Crippen LogP contribution in [0.2, 0.25) is 0 Å². The number of aromatic nitrogens is 2. The first kappa shape index (κ1) is 13.9. The van der Waals surface area contributed by atoms with Crippen molar-refractivity contribution in [3.05, 3.63) is 53.8 Å². The summed E-state index contributed by atoms with van der Waals surface area (Å²) in [5.41, 5.74) is 3.29. The lowest BCUT2D eigenvalue weighted by Crippen LogP contribution is -2.24. The van der Waals surface area contributed by atoms with Crippen LogP contribution in [0.4, 0.5) is 0 Å². The van der Waals surface area contributed by atoms with Crippen LogP contribution >= 0.6 is 0 Å². The van der Waals surface area contributed by atoms with Gasteiger partial charge in [0.15, 0.2) is 0 Å². The van der Waals surface area contributed by atoms with Crippen molar-refractivity contribution in [1.29, 1.82) is 0 Å². The lowest BCUT2D eigenvalue weighted by atomic mass is 10.1. The molecule has 0 amide bonds. The summed E-state index contributed by atoms with van der Waals surface area (Å²) in [7, 11) is 2.01. The zero-order valence-corrected chi connectivity index (χ0v) is 12.8. The Morgan fingerprint density at radius 1 is 1.33 bits per heavy atom. The molecule has 4 heteroatoms. The molecule has 0 bridgehead atoms. The van der Waals surface area contributed by atoms with Gasteiger partial charge in [0, 0.05) is 12.4 Å². The Balaban J connectivity index is 2.03. The third kappa shape index (κ3) is 2.72. The van der Waals surface area contributed by atoms with Crippen LogP contribution in [0, 0.1) is 6.92 Å². The molecule has 0 aliphatic heterocycles. The lowest BCUT2D eigenvalue weighted by Gasteiger charge is -2.16. The van der Waals surface area contributed by atoms with Crippen molar-refractivity contribution in [2.75, 3.05) is 6.54 Å². The Morgan fingerprint density at radius 2 is 2.19 bits per heavy atom. The molecule has 2 aromatic heterocycles. The molecular weight excluding hydrogens is 262 g/mol. The van der Waals surface area contributed by atoms with Crippen LogP contribution in [0.1, 0.15) is 36.4 Å². The second-order valence-electron chi connectivity index (χ2n) is 5.51. The number of benzene rings is 1. The van der Waals surface area contributed by atoms with E-state index in [1.807, 2.05) is 30.2 Å². The average molecular weight is 283 g/mol. The molecule has 2 heterocycles. The van der Waals surface area contributed by atoms with E-state index < -0.39 is 0 Å². The smallest absolute Gasteiger partial charge is 0.134 e. The van der Waals surface area contributed by atoms with Gasteiger partial charge in [0.2, 0.25) is 0 Å². The first-order valence-corrected chi connectivity index (χ1v) is 7.38. The van der Waals surface area contributed by atoms with Crippen LogP contribution in [0.3, 0.4) is 0 Å². The summed E-state index contributed by atoms with van der Waals surface area (Å²) < 4.78 is 8.09. The number of furan rings is 1. The number of imidazole rings is 1. The minimum absolute atomic E-state index is 0.0326. The van der Waals surface area contributed by atoms with Gasteiger partial charge < -0.3 is 14.3 Å². The fourth-order valence-corrected chi connectivity index (χ4v) is 2.61. The molecular formula is C17H21N3O. The number of hydrogen-bond acceptors (Lipinski definition) is 3. The van der Waals surface area contributed by atoms with Gasteiger partial charge >= 0.3 is 0 Å². The van der Waals surface area contributed by atoms with Gasteiger partial charge in [0.25, 0.3) is 0 Å². The second-order valence-corrected chi connectivity index (χ2v) is 5.51. The average Bonchev–Trinajstić information content (AvgIpc) is 3.06. The fraction of sp³-hybridized carbons (Fsp3) is 0.353. The number of hydrogen-bond donors (Lipinski definition) is 1. The molecule has 1 atom stereocenters. The Hall–Kier alpha value is -2.07. The van der Waals surface area contributed by atoms with E-state index in [2.05, 4.69) is 42.3 Å². The van der Waals surface area contributed by atoms with Gasteiger partial charge in [0.1, 0.15) is 17.4 Å². The van der Waals surface area contributed by atoms with E-state index in [0.717, 1.165) is 35.4 Å². The number of aryl methyl sites for hydroxylation is 2. The molecule has 0 fully saturated rings. The van der Waals surface area contributed by atoms with E-state index in [9.17, 15) is 0 Å². The fourth-order valence-electron chi connectivity index (χ4n) is 2.61. The molecule has 0 saturated carbocycles. The first-order valence-electron chi connectivity index (χ1n) is 7.38. The van der Waals surface area contributed by atoms with Crippen LogP contribution in [0.5, 0.6) is 0 Å². The second kappa shape index (κ2) is 5.74. The van der Waals surface area contributed by atoms with Gasteiger partial charge in [0.05, 0.1) is 18.2 Å². The highest BCUT2D eigenvalue weighted by Gasteiger charge is 2.20. The molecule has 110 valence electrons. The Kier molecular flexibility index (Phi) is 3.80. The van der Waals surface area contributed by atoms with E-state index in [1.165, 1.54) is 5.56 Å². The number of fused-ring (bicyclic) bond motifs is 1. The minimum atomic E-state index is 0.0326. The summed E-state index contributed by atoms with van der Waals surface area (Å²) in [6, 6.07) is 8.43. The summed E-state index contributed by atoms with van der Waals surface area (Å²) in [5.74, 6) is 0.938. The molecule has 0 saturated heterocycles. The summed E-state index contributed by atoms with van der Waals surface area (Å²) >= 11 is 0. The maximum absolute atomic E-state index is 6.06. The molecule has 3 aromatic rings. The highest BCUT2D eigenvalue weighted by Crippen LogP contribution is 2.28. The topological polar surface area (TPSA) is 43.0 Å². The third-order valence-electron chi connectivity index (χ3n) is 3.72. The monoisotopic (exact) mass is 283 g/mol. The van der Waals surface area contributed by atoms with Gasteiger partial charge in [-0.2, -0.15) is 0 Å². The molecule has 0 aliphatic carbocycles. The largest absolute Gasteiger partial charge is 0.459 e. The molecule has 1 aromatic carbocycles. The van der Waals surface area contributed by atoms with Crippen molar-refractivity contribution in [3.8, 4) is 0 Å². The highest BCUT2D eigenvalue weighted by atomic mass is 16.3. The predicted molar refractivity (Wildman–Crippen MR) is 84.3 cm³/mol. The zero-order chi connectivity index (χ0) is 14.8. The van der Waals surface area contributed by atoms with Gasteiger partial charge in [-0.15, -0.1) is 0 Å². The molecule has 3 rings (SSSR count). The molecule has 1 unspecified atom stereocenters. The minimum Gasteiger partial charge on any atom is -0.459 e. The van der Waals surface area contributed by atoms with Crippen LogP contribution in [0.25, 0.3) is 11.0 Å². The van der Waals surface area contributed by atoms with Gasteiger partial charge in [-0.3, -0.25) is 0 Å². The lowest BCUT2D eigenvalue weighted by molar-refractivity contribution is 0.457. The van der Waals surface area contributed by atoms with Crippen LogP contribution in [-0.4, -0.2) is 16.1 Å². The van der Waals surface area contributed by atoms with Crippen molar-refractivity contribution in [2.45, 2.75) is 26.3 Å². The maximum atomic E-state index is 6.06. The van der Waals surface area contributed by atoms with Crippen molar-refractivity contribution in [3.63, 3.8) is 0 Å². The SMILES string of the molecule is CCCNC(c1cc2cc(C)ccc2o1)c1cncn1C. The van der Waals surface area contributed by atoms with Crippen molar-refractivity contribution in [2.24, 2.45) is 7.05 Å². The summed E-state index contributed by atoms with van der Waals surface area (Å²) in [6.07, 6.45) is 4.79. The van der Waals surface area contributed by atoms with Crippen molar-refractivity contribution in [1.82, 2.24) is 14.9 Å². The van der Waals surface area contributed by atoms with Crippen molar-refractivity contribution >= 4 is 11.0 Å². The van der Waals surface area contributed by atoms with Crippen molar-refractivity contribution < 1.29 is 4.42 Å². The zero-order valence-electron chi connectivity index (χ0n) is 12.8. The van der Waals surface area contributed by atoms with E-state index in [-0.39, 0.29) is 6.04 Å². The molecule has 0 radical (unpaired) electrons. The summed E-state index contributed by atoms with van der Waals surface area (Å²) in [6.45, 7) is 5.20. The third-order valence-corrected chi connectivity index (χ3v) is 3.72. The van der Waals surface area contributed by atoms with E-state index in [0.29, 0.717) is 0 Å². The Labute approximate surface area is 124 Å². The Morgan fingerprint density at radius 3 is 2.90 bits per heavy atom. The molecule has 21 heavy (non-hydrogen) atoms. The molecule has 0 spiro atoms. The maximum Gasteiger partial charge on any atom is 0.134 e. The first-order chi connectivity index (χ1) is 10.2. The Bertz CT molecular complexity index is 741. The molecule has 0 aliphatic rings. The van der Waals surface area contributed by atoms with Gasteiger partial charge in [-0.1, -0.05) is 18.6 Å². The number of nitrogens with zero attached hydrogens (tertiary/aromatic N) is 2.